The van der Waals surface area contributed by atoms with Crippen molar-refractivity contribution in [2.75, 3.05) is 43.0 Å². The minimum atomic E-state index is -0.163. The zero-order chi connectivity index (χ0) is 24.5. The summed E-state index contributed by atoms with van der Waals surface area (Å²) in [5.74, 6) is 1.87. The van der Waals surface area contributed by atoms with E-state index in [4.69, 9.17) is 19.5 Å². The molecule has 1 saturated heterocycles. The van der Waals surface area contributed by atoms with E-state index >= 15 is 0 Å². The number of aromatic nitrogens is 4. The Hall–Kier alpha value is -3.46. The zero-order valence-corrected chi connectivity index (χ0v) is 20.7. The molecule has 3 aromatic heterocycles. The molecule has 9 heteroatoms. The van der Waals surface area contributed by atoms with Gasteiger partial charge in [-0.25, -0.2) is 14.4 Å². The van der Waals surface area contributed by atoms with Crippen LogP contribution in [0.1, 0.15) is 37.7 Å². The number of piperazine rings is 1. The number of rotatable bonds is 6. The molecule has 0 amide bonds. The average molecular weight is 490 g/mol. The largest absolute Gasteiger partial charge is 0.461 e. The molecular weight excluding hydrogens is 457 g/mol. The molecule has 36 heavy (non-hydrogen) atoms. The third-order valence-electron chi connectivity index (χ3n) is 7.56. The van der Waals surface area contributed by atoms with Crippen molar-refractivity contribution in [3.05, 3.63) is 60.2 Å². The topological polar surface area (TPSA) is 65.9 Å². The molecular formula is C27H32FN7O. The third-order valence-corrected chi connectivity index (χ3v) is 7.56. The quantitative estimate of drug-likeness (QED) is 0.392. The van der Waals surface area contributed by atoms with Gasteiger partial charge in [-0.1, -0.05) is 31.4 Å². The molecule has 188 valence electrons. The van der Waals surface area contributed by atoms with Crippen LogP contribution in [0.25, 0.3) is 17.2 Å². The highest BCUT2D eigenvalue weighted by atomic mass is 19.1. The van der Waals surface area contributed by atoms with Crippen molar-refractivity contribution in [3.8, 4) is 11.6 Å². The molecule has 4 heterocycles. The third kappa shape index (κ3) is 4.43. The van der Waals surface area contributed by atoms with Gasteiger partial charge in [0.1, 0.15) is 5.82 Å². The van der Waals surface area contributed by atoms with Crippen LogP contribution in [0.15, 0.2) is 53.3 Å². The lowest BCUT2D eigenvalue weighted by molar-refractivity contribution is 0.249. The van der Waals surface area contributed by atoms with Crippen molar-refractivity contribution in [2.24, 2.45) is 0 Å². The number of hydrogen-bond donors (Lipinski definition) is 0. The van der Waals surface area contributed by atoms with Crippen LogP contribution in [-0.2, 0) is 6.54 Å². The molecule has 8 nitrogen and oxygen atoms in total. The van der Waals surface area contributed by atoms with Gasteiger partial charge in [0.05, 0.1) is 12.0 Å². The predicted molar refractivity (Wildman–Crippen MR) is 138 cm³/mol. The zero-order valence-electron chi connectivity index (χ0n) is 20.7. The van der Waals surface area contributed by atoms with Crippen molar-refractivity contribution >= 4 is 17.3 Å². The molecule has 2 aliphatic rings. The lowest BCUT2D eigenvalue weighted by atomic mass is 9.95. The second kappa shape index (κ2) is 9.89. The molecule has 0 spiro atoms. The number of benzene rings is 1. The number of para-hydroxylation sites is 1. The monoisotopic (exact) mass is 489 g/mol. The van der Waals surface area contributed by atoms with Crippen LogP contribution in [0.2, 0.25) is 0 Å². The molecule has 0 N–H and O–H groups in total. The van der Waals surface area contributed by atoms with E-state index in [9.17, 15) is 4.39 Å². The van der Waals surface area contributed by atoms with Crippen molar-refractivity contribution < 1.29 is 8.81 Å². The van der Waals surface area contributed by atoms with Gasteiger partial charge < -0.3 is 14.2 Å². The van der Waals surface area contributed by atoms with Crippen molar-refractivity contribution in [3.63, 3.8) is 0 Å². The van der Waals surface area contributed by atoms with Gasteiger partial charge in [-0.2, -0.15) is 4.52 Å². The van der Waals surface area contributed by atoms with E-state index in [2.05, 4.69) is 21.7 Å². The SMILES string of the molecule is CN(c1ncc(CN2CCN(c3ccccc3F)CC2)c2nc(-c3ccco3)nn12)C1CCCCC1. The number of halogens is 1. The summed E-state index contributed by atoms with van der Waals surface area (Å²) in [5.41, 5.74) is 2.52. The Labute approximate surface area is 210 Å². The van der Waals surface area contributed by atoms with Crippen molar-refractivity contribution in [1.82, 2.24) is 24.5 Å². The normalized spacial score (nSPS) is 17.7. The summed E-state index contributed by atoms with van der Waals surface area (Å²) in [4.78, 5) is 16.5. The van der Waals surface area contributed by atoms with Crippen LogP contribution < -0.4 is 9.80 Å². The number of furan rings is 1. The maximum atomic E-state index is 14.3. The second-order valence-corrected chi connectivity index (χ2v) is 9.85. The van der Waals surface area contributed by atoms with Gasteiger partial charge in [0.2, 0.25) is 11.8 Å². The van der Waals surface area contributed by atoms with Gasteiger partial charge in [0.25, 0.3) is 0 Å². The van der Waals surface area contributed by atoms with Gasteiger partial charge in [-0.3, -0.25) is 4.90 Å². The number of nitrogens with zero attached hydrogens (tertiary/aromatic N) is 7. The highest BCUT2D eigenvalue weighted by Crippen LogP contribution is 2.28. The first kappa shape index (κ1) is 23.0. The van der Waals surface area contributed by atoms with Gasteiger partial charge in [0, 0.05) is 57.6 Å². The first-order valence-corrected chi connectivity index (χ1v) is 12.9. The van der Waals surface area contributed by atoms with Crippen LogP contribution in [0.3, 0.4) is 0 Å². The Kier molecular flexibility index (Phi) is 6.31. The minimum Gasteiger partial charge on any atom is -0.461 e. The maximum absolute atomic E-state index is 14.3. The van der Waals surface area contributed by atoms with Crippen molar-refractivity contribution in [2.45, 2.75) is 44.7 Å². The lowest BCUT2D eigenvalue weighted by Gasteiger charge is -2.36. The van der Waals surface area contributed by atoms with E-state index in [-0.39, 0.29) is 5.82 Å². The number of anilines is 2. The first-order chi connectivity index (χ1) is 17.7. The summed E-state index contributed by atoms with van der Waals surface area (Å²) >= 11 is 0. The highest BCUT2D eigenvalue weighted by Gasteiger charge is 2.25. The Bertz CT molecular complexity index is 1310. The van der Waals surface area contributed by atoms with E-state index < -0.39 is 0 Å². The summed E-state index contributed by atoms with van der Waals surface area (Å²) in [5, 5.41) is 4.83. The molecule has 1 aliphatic heterocycles. The molecule has 1 aliphatic carbocycles. The molecule has 6 rings (SSSR count). The summed E-state index contributed by atoms with van der Waals surface area (Å²) in [6, 6.07) is 11.2. The van der Waals surface area contributed by atoms with Gasteiger partial charge >= 0.3 is 0 Å². The van der Waals surface area contributed by atoms with Crippen LogP contribution in [0.5, 0.6) is 0 Å². The standard InChI is InChI=1S/C27H32FN7O/c1-32(21-8-3-2-4-9-21)27-29-18-20(26-30-25(31-35(26)27)24-12-7-17-36-24)19-33-13-15-34(16-14-33)23-11-6-5-10-22(23)28/h5-7,10-12,17-18,21H,2-4,8-9,13-16,19H2,1H3. The first-order valence-electron chi connectivity index (χ1n) is 12.9. The highest BCUT2D eigenvalue weighted by molar-refractivity contribution is 5.58. The molecule has 0 atom stereocenters. The lowest BCUT2D eigenvalue weighted by Crippen LogP contribution is -2.46. The fourth-order valence-electron chi connectivity index (χ4n) is 5.50. The Morgan fingerprint density at radius 1 is 1.03 bits per heavy atom. The fourth-order valence-corrected chi connectivity index (χ4v) is 5.50. The van der Waals surface area contributed by atoms with Crippen LogP contribution in [0.4, 0.5) is 16.0 Å². The Morgan fingerprint density at radius 3 is 2.58 bits per heavy atom. The molecule has 4 aromatic rings. The average Bonchev–Trinajstić information content (AvgIpc) is 3.61. The van der Waals surface area contributed by atoms with Crippen molar-refractivity contribution in [1.29, 1.82) is 0 Å². The Balaban J connectivity index is 1.26. The second-order valence-electron chi connectivity index (χ2n) is 9.85. The molecule has 0 radical (unpaired) electrons. The molecule has 2 fully saturated rings. The molecule has 0 unspecified atom stereocenters. The van der Waals surface area contributed by atoms with Gasteiger partial charge in [0.15, 0.2) is 11.4 Å². The molecule has 1 saturated carbocycles. The van der Waals surface area contributed by atoms with E-state index in [1.54, 1.807) is 12.3 Å². The molecule has 1 aromatic carbocycles. The minimum absolute atomic E-state index is 0.163. The number of fused-ring (bicyclic) bond motifs is 1. The predicted octanol–water partition coefficient (Wildman–Crippen LogP) is 4.61. The maximum Gasteiger partial charge on any atom is 0.228 e. The fraction of sp³-hybridized carbons (Fsp3) is 0.444. The van der Waals surface area contributed by atoms with Crippen LogP contribution >= 0.6 is 0 Å². The smallest absolute Gasteiger partial charge is 0.228 e. The summed E-state index contributed by atoms with van der Waals surface area (Å²) in [7, 11) is 2.12. The molecule has 0 bridgehead atoms. The van der Waals surface area contributed by atoms with E-state index in [1.807, 2.05) is 35.0 Å². The van der Waals surface area contributed by atoms with E-state index in [0.29, 0.717) is 29.9 Å². The summed E-state index contributed by atoms with van der Waals surface area (Å²) in [6.45, 7) is 3.94. The Morgan fingerprint density at radius 2 is 1.83 bits per heavy atom. The van der Waals surface area contributed by atoms with Crippen LogP contribution in [0, 0.1) is 5.82 Å². The summed E-state index contributed by atoms with van der Waals surface area (Å²) < 4.78 is 21.7. The number of hydrogen-bond acceptors (Lipinski definition) is 7. The van der Waals surface area contributed by atoms with Gasteiger partial charge in [-0.05, 0) is 37.1 Å². The summed E-state index contributed by atoms with van der Waals surface area (Å²) in [6.07, 6.45) is 9.76. The van der Waals surface area contributed by atoms with Crippen LogP contribution in [-0.4, -0.2) is 63.8 Å². The van der Waals surface area contributed by atoms with Gasteiger partial charge in [-0.15, -0.1) is 5.10 Å². The van der Waals surface area contributed by atoms with E-state index in [1.165, 1.54) is 38.2 Å². The van der Waals surface area contributed by atoms with E-state index in [0.717, 1.165) is 43.3 Å².